The van der Waals surface area contributed by atoms with Crippen molar-refractivity contribution in [2.45, 2.75) is 37.8 Å². The molecule has 11 heteroatoms. The highest BCUT2D eigenvalue weighted by Crippen LogP contribution is 2.26. The van der Waals surface area contributed by atoms with Gasteiger partial charge in [-0.15, -0.1) is 0 Å². The second kappa shape index (κ2) is 14.6. The Morgan fingerprint density at radius 2 is 1.71 bits per heavy atom. The minimum absolute atomic E-state index is 0.0448. The first-order chi connectivity index (χ1) is 20.2. The summed E-state index contributed by atoms with van der Waals surface area (Å²) in [7, 11) is 1.86. The number of thioether (sulfide) groups is 1. The van der Waals surface area contributed by atoms with Crippen LogP contribution in [-0.4, -0.2) is 49.6 Å². The van der Waals surface area contributed by atoms with Gasteiger partial charge >= 0.3 is 5.97 Å². The van der Waals surface area contributed by atoms with Crippen LogP contribution in [0.1, 0.15) is 45.4 Å². The molecule has 0 aliphatic rings. The molecule has 2 atom stereocenters. The van der Waals surface area contributed by atoms with Crippen molar-refractivity contribution < 1.29 is 28.2 Å². The fourth-order valence-electron chi connectivity index (χ4n) is 4.41. The van der Waals surface area contributed by atoms with Gasteiger partial charge in [0.15, 0.2) is 0 Å². The highest BCUT2D eigenvalue weighted by molar-refractivity contribution is 7.98. The zero-order valence-electron chi connectivity index (χ0n) is 23.3. The van der Waals surface area contributed by atoms with E-state index in [9.17, 15) is 23.5 Å². The Hall–Kier alpha value is -4.25. The van der Waals surface area contributed by atoms with Crippen molar-refractivity contribution in [3.05, 3.63) is 113 Å². The molecule has 4 rings (SSSR count). The fourth-order valence-corrected chi connectivity index (χ4v) is 4.88. The van der Waals surface area contributed by atoms with Crippen LogP contribution in [-0.2, 0) is 31.1 Å². The Kier molecular flexibility index (Phi) is 10.7. The topological polar surface area (TPSA) is 106 Å². The number of hydrogen-bond acceptors (Lipinski definition) is 6. The first-order valence-electron chi connectivity index (χ1n) is 13.4. The molecule has 0 bridgehead atoms. The van der Waals surface area contributed by atoms with Gasteiger partial charge in [-0.2, -0.15) is 11.8 Å². The summed E-state index contributed by atoms with van der Waals surface area (Å²) in [6.07, 6.45) is 6.22. The zero-order valence-corrected chi connectivity index (χ0v) is 24.1. The van der Waals surface area contributed by atoms with Gasteiger partial charge in [0.05, 0.1) is 6.33 Å². The summed E-state index contributed by atoms with van der Waals surface area (Å²) in [6.45, 7) is 0. The van der Waals surface area contributed by atoms with Crippen LogP contribution in [0.4, 0.5) is 8.78 Å². The molecule has 220 valence electrons. The smallest absolute Gasteiger partial charge is 0.326 e. The van der Waals surface area contributed by atoms with E-state index in [2.05, 4.69) is 15.3 Å². The van der Waals surface area contributed by atoms with Gasteiger partial charge < -0.3 is 19.7 Å². The number of nitrogens with one attached hydrogen (secondary N) is 1. The zero-order chi connectivity index (χ0) is 30.1. The molecule has 0 saturated heterocycles. The van der Waals surface area contributed by atoms with Gasteiger partial charge in [0.2, 0.25) is 5.88 Å². The van der Waals surface area contributed by atoms with E-state index in [0.717, 1.165) is 11.3 Å². The van der Waals surface area contributed by atoms with E-state index in [1.165, 1.54) is 36.0 Å². The lowest BCUT2D eigenvalue weighted by molar-refractivity contribution is -0.139. The summed E-state index contributed by atoms with van der Waals surface area (Å²) in [5, 5.41) is 12.3. The lowest BCUT2D eigenvalue weighted by Crippen LogP contribution is -2.41. The maximum absolute atomic E-state index is 13.7. The number of pyridine rings is 1. The first-order valence-corrected chi connectivity index (χ1v) is 14.8. The van der Waals surface area contributed by atoms with Crippen molar-refractivity contribution in [3.63, 3.8) is 0 Å². The van der Waals surface area contributed by atoms with Crippen molar-refractivity contribution in [2.24, 2.45) is 7.05 Å². The largest absolute Gasteiger partial charge is 0.480 e. The molecule has 2 N–H and O–H groups in total. The molecule has 0 aliphatic heterocycles. The molecule has 1 amide bonds. The Morgan fingerprint density at radius 3 is 2.33 bits per heavy atom. The molecule has 0 saturated carbocycles. The summed E-state index contributed by atoms with van der Waals surface area (Å²) < 4.78 is 35.2. The van der Waals surface area contributed by atoms with Gasteiger partial charge in [-0.1, -0.05) is 30.3 Å². The lowest BCUT2D eigenvalue weighted by atomic mass is 10.0. The van der Waals surface area contributed by atoms with Gasteiger partial charge in [-0.05, 0) is 72.2 Å². The predicted octanol–water partition coefficient (Wildman–Crippen LogP) is 5.18. The minimum atomic E-state index is -1.13. The van der Waals surface area contributed by atoms with Gasteiger partial charge in [0.1, 0.15) is 29.5 Å². The predicted molar refractivity (Wildman–Crippen MR) is 157 cm³/mol. The fraction of sp³-hybridized carbons (Fsp3) is 0.290. The summed E-state index contributed by atoms with van der Waals surface area (Å²) >= 11 is 1.48. The van der Waals surface area contributed by atoms with E-state index in [4.69, 9.17) is 4.74 Å². The normalized spacial score (nSPS) is 12.5. The van der Waals surface area contributed by atoms with E-state index < -0.39 is 24.0 Å². The number of hydrogen-bond donors (Lipinski definition) is 2. The molecule has 0 spiro atoms. The lowest BCUT2D eigenvalue weighted by Gasteiger charge is -2.21. The number of rotatable bonds is 14. The number of amides is 1. The van der Waals surface area contributed by atoms with Crippen LogP contribution in [0.2, 0.25) is 0 Å². The average molecular weight is 595 g/mol. The first kappa shape index (κ1) is 30.7. The number of aryl methyl sites for hydroxylation is 3. The molecule has 2 aromatic heterocycles. The van der Waals surface area contributed by atoms with Crippen molar-refractivity contribution in [3.8, 4) is 5.88 Å². The van der Waals surface area contributed by atoms with E-state index in [1.807, 2.05) is 17.9 Å². The quantitative estimate of drug-likeness (QED) is 0.207. The highest BCUT2D eigenvalue weighted by atomic mass is 32.2. The molecule has 8 nitrogen and oxygen atoms in total. The number of ether oxygens (including phenoxy) is 1. The monoisotopic (exact) mass is 594 g/mol. The molecule has 4 aromatic rings. The van der Waals surface area contributed by atoms with Crippen molar-refractivity contribution in [1.82, 2.24) is 19.9 Å². The Morgan fingerprint density at radius 1 is 1.02 bits per heavy atom. The average Bonchev–Trinajstić information content (AvgIpc) is 3.39. The summed E-state index contributed by atoms with van der Waals surface area (Å²) in [6, 6.07) is 14.3. The number of carboxylic acid groups (broad SMARTS) is 1. The molecule has 1 unspecified atom stereocenters. The van der Waals surface area contributed by atoms with Crippen molar-refractivity contribution in [2.75, 3.05) is 12.0 Å². The van der Waals surface area contributed by atoms with Crippen LogP contribution in [0.15, 0.2) is 73.2 Å². The third-order valence-electron chi connectivity index (χ3n) is 6.79. The standard InChI is InChI=1S/C31H32F2N4O4S/c1-37-19-34-18-25(37)17-27(21-7-12-24(33)13-8-21)41-28-14-9-22(6-3-20-4-10-23(32)11-5-20)29(36-28)30(38)35-26(31(39)40)15-16-42-2/h4-5,7-14,18-19,26-27H,3,6,15-17H2,1-2H3,(H,35,38)(H,39,40)/t26-,27?/m0/s1. The molecule has 42 heavy (non-hydrogen) atoms. The SMILES string of the molecule is CSCC[C@H](NC(=O)c1nc(OC(Cc2cncn2C)c2ccc(F)cc2)ccc1CCc1ccc(F)cc1)C(=O)O. The molecule has 2 heterocycles. The number of carbonyl (C=O) groups excluding carboxylic acids is 1. The van der Waals surface area contributed by atoms with Crippen LogP contribution >= 0.6 is 11.8 Å². The number of nitrogens with zero attached hydrogens (tertiary/aromatic N) is 3. The number of carboxylic acids is 1. The van der Waals surface area contributed by atoms with Crippen molar-refractivity contribution in [1.29, 1.82) is 0 Å². The minimum Gasteiger partial charge on any atom is -0.480 e. The number of carbonyl (C=O) groups is 2. The van der Waals surface area contributed by atoms with E-state index in [0.29, 0.717) is 36.1 Å². The molecular weight excluding hydrogens is 562 g/mol. The van der Waals surface area contributed by atoms with Crippen LogP contribution < -0.4 is 10.1 Å². The van der Waals surface area contributed by atoms with E-state index in [-0.39, 0.29) is 29.6 Å². The van der Waals surface area contributed by atoms with Crippen LogP contribution in [0.5, 0.6) is 5.88 Å². The third-order valence-corrected chi connectivity index (χ3v) is 7.44. The summed E-state index contributed by atoms with van der Waals surface area (Å²) in [5.74, 6) is -1.78. The second-order valence-electron chi connectivity index (χ2n) is 9.79. The van der Waals surface area contributed by atoms with Gasteiger partial charge in [-0.25, -0.2) is 23.5 Å². The van der Waals surface area contributed by atoms with E-state index >= 15 is 0 Å². The molecule has 2 aromatic carbocycles. The molecular formula is C31H32F2N4O4S. The van der Waals surface area contributed by atoms with Gasteiger partial charge in [0, 0.05) is 31.4 Å². The Balaban J connectivity index is 1.64. The Labute approximate surface area is 247 Å². The number of benzene rings is 2. The van der Waals surface area contributed by atoms with Crippen LogP contribution in [0.25, 0.3) is 0 Å². The maximum Gasteiger partial charge on any atom is 0.326 e. The van der Waals surface area contributed by atoms with Crippen LogP contribution in [0.3, 0.4) is 0 Å². The highest BCUT2D eigenvalue weighted by Gasteiger charge is 2.24. The van der Waals surface area contributed by atoms with Gasteiger partial charge in [0.25, 0.3) is 5.91 Å². The number of halogens is 2. The summed E-state index contributed by atoms with van der Waals surface area (Å²) in [4.78, 5) is 34.0. The number of imidazole rings is 1. The Bertz CT molecular complexity index is 1500. The van der Waals surface area contributed by atoms with E-state index in [1.54, 1.807) is 48.9 Å². The summed E-state index contributed by atoms with van der Waals surface area (Å²) in [5.41, 5.74) is 3.08. The molecule has 0 fully saturated rings. The number of aliphatic carboxylic acids is 1. The van der Waals surface area contributed by atoms with Gasteiger partial charge in [-0.3, -0.25) is 4.79 Å². The maximum atomic E-state index is 13.7. The number of aromatic nitrogens is 3. The molecule has 0 radical (unpaired) electrons. The van der Waals surface area contributed by atoms with Crippen LogP contribution in [0, 0.1) is 11.6 Å². The second-order valence-corrected chi connectivity index (χ2v) is 10.8. The third kappa shape index (κ3) is 8.39. The molecule has 0 aliphatic carbocycles. The van der Waals surface area contributed by atoms with Crippen molar-refractivity contribution >= 4 is 23.6 Å².